The fourth-order valence-corrected chi connectivity index (χ4v) is 8.63. The molecule has 0 saturated carbocycles. The molecule has 0 spiro atoms. The summed E-state index contributed by atoms with van der Waals surface area (Å²) in [5.74, 6) is 0. The van der Waals surface area contributed by atoms with Crippen molar-refractivity contribution in [2.45, 2.75) is 0 Å². The highest BCUT2D eigenvalue weighted by Crippen LogP contribution is 2.51. The Kier molecular flexibility index (Phi) is 4.36. The SMILES string of the molecule is c1ccc(-c2ccc(-n3c4ccccc4c4c5sc6ccccc6c5c5sc6cncnc6c5c43)cc2)cc1. The van der Waals surface area contributed by atoms with Gasteiger partial charge in [0.25, 0.3) is 0 Å². The lowest BCUT2D eigenvalue weighted by molar-refractivity contribution is 1.19. The van der Waals surface area contributed by atoms with E-state index in [-0.39, 0.29) is 0 Å². The normalized spacial score (nSPS) is 12.1. The van der Waals surface area contributed by atoms with E-state index in [1.54, 1.807) is 6.33 Å². The molecule has 0 amide bonds. The zero-order chi connectivity index (χ0) is 25.5. The van der Waals surface area contributed by atoms with Gasteiger partial charge in [0.2, 0.25) is 0 Å². The van der Waals surface area contributed by atoms with Crippen LogP contribution in [-0.4, -0.2) is 14.5 Å². The number of fused-ring (bicyclic) bond motifs is 12. The zero-order valence-corrected chi connectivity index (χ0v) is 22.3. The molecule has 4 aromatic heterocycles. The van der Waals surface area contributed by atoms with Gasteiger partial charge >= 0.3 is 0 Å². The van der Waals surface area contributed by atoms with E-state index in [2.05, 4.69) is 113 Å². The first-order chi connectivity index (χ1) is 19.4. The van der Waals surface area contributed by atoms with Crippen molar-refractivity contribution in [2.75, 3.05) is 0 Å². The Morgan fingerprint density at radius 3 is 2.13 bits per heavy atom. The van der Waals surface area contributed by atoms with Crippen LogP contribution in [0.4, 0.5) is 0 Å². The molecule has 3 nitrogen and oxygen atoms in total. The van der Waals surface area contributed by atoms with Crippen molar-refractivity contribution in [1.29, 1.82) is 0 Å². The molecule has 0 saturated heterocycles. The topological polar surface area (TPSA) is 30.7 Å². The van der Waals surface area contributed by atoms with Crippen LogP contribution in [0.5, 0.6) is 0 Å². The van der Waals surface area contributed by atoms with Gasteiger partial charge in [-0.2, -0.15) is 0 Å². The third kappa shape index (κ3) is 2.91. The van der Waals surface area contributed by atoms with Crippen molar-refractivity contribution in [3.8, 4) is 16.8 Å². The van der Waals surface area contributed by atoms with Gasteiger partial charge in [0.15, 0.2) is 0 Å². The van der Waals surface area contributed by atoms with Gasteiger partial charge in [-0.25, -0.2) is 9.97 Å². The second kappa shape index (κ2) is 7.96. The monoisotopic (exact) mass is 533 g/mol. The lowest BCUT2D eigenvalue weighted by atomic mass is 10.0. The van der Waals surface area contributed by atoms with Gasteiger partial charge in [-0.05, 0) is 35.4 Å². The van der Waals surface area contributed by atoms with Crippen molar-refractivity contribution >= 4 is 85.0 Å². The average Bonchev–Trinajstić information content (AvgIpc) is 3.67. The highest BCUT2D eigenvalue weighted by atomic mass is 32.1. The maximum Gasteiger partial charge on any atom is 0.116 e. The van der Waals surface area contributed by atoms with E-state index in [0.29, 0.717) is 0 Å². The molecular weight excluding hydrogens is 515 g/mol. The first-order valence-corrected chi connectivity index (χ1v) is 14.5. The number of thiophene rings is 2. The quantitative estimate of drug-likeness (QED) is 0.221. The number of hydrogen-bond donors (Lipinski definition) is 0. The van der Waals surface area contributed by atoms with Gasteiger partial charge in [0.1, 0.15) is 6.33 Å². The second-order valence-electron chi connectivity index (χ2n) is 9.83. The zero-order valence-electron chi connectivity index (χ0n) is 20.6. The largest absolute Gasteiger partial charge is 0.308 e. The summed E-state index contributed by atoms with van der Waals surface area (Å²) in [5.41, 5.74) is 7.04. The highest BCUT2D eigenvalue weighted by Gasteiger charge is 2.24. The Labute approximate surface area is 231 Å². The predicted molar refractivity (Wildman–Crippen MR) is 168 cm³/mol. The average molecular weight is 534 g/mol. The summed E-state index contributed by atoms with van der Waals surface area (Å²) >= 11 is 3.70. The summed E-state index contributed by atoms with van der Waals surface area (Å²) < 4.78 is 7.51. The summed E-state index contributed by atoms with van der Waals surface area (Å²) in [6.45, 7) is 0. The van der Waals surface area contributed by atoms with Crippen molar-refractivity contribution < 1.29 is 0 Å². The molecule has 0 atom stereocenters. The van der Waals surface area contributed by atoms with E-state index < -0.39 is 0 Å². The maximum absolute atomic E-state index is 4.84. The minimum Gasteiger partial charge on any atom is -0.308 e. The van der Waals surface area contributed by atoms with E-state index in [1.807, 2.05) is 28.9 Å². The summed E-state index contributed by atoms with van der Waals surface area (Å²) in [5, 5.41) is 6.44. The number of aromatic nitrogens is 3. The van der Waals surface area contributed by atoms with E-state index in [9.17, 15) is 0 Å². The smallest absolute Gasteiger partial charge is 0.116 e. The van der Waals surface area contributed by atoms with E-state index >= 15 is 0 Å². The molecule has 4 heterocycles. The first kappa shape index (κ1) is 21.4. The van der Waals surface area contributed by atoms with Crippen LogP contribution >= 0.6 is 22.7 Å². The summed E-state index contributed by atoms with van der Waals surface area (Å²) in [6, 6.07) is 37.1. The van der Waals surface area contributed by atoms with Crippen LogP contribution in [0.1, 0.15) is 0 Å². The van der Waals surface area contributed by atoms with E-state index in [0.717, 1.165) is 15.9 Å². The van der Waals surface area contributed by atoms with Gasteiger partial charge in [0, 0.05) is 52.9 Å². The number of para-hydroxylation sites is 1. The van der Waals surface area contributed by atoms with Gasteiger partial charge in [0.05, 0.1) is 21.3 Å². The Bertz CT molecular complexity index is 2350. The van der Waals surface area contributed by atoms with Gasteiger partial charge in [-0.1, -0.05) is 78.9 Å². The van der Waals surface area contributed by atoms with Crippen LogP contribution in [0.25, 0.3) is 79.1 Å². The van der Waals surface area contributed by atoms with Crippen molar-refractivity contribution in [3.05, 3.63) is 116 Å². The third-order valence-electron chi connectivity index (χ3n) is 7.75. The summed E-state index contributed by atoms with van der Waals surface area (Å²) in [4.78, 5) is 9.21. The van der Waals surface area contributed by atoms with E-state index in [1.165, 1.54) is 63.2 Å². The van der Waals surface area contributed by atoms with Crippen molar-refractivity contribution in [3.63, 3.8) is 0 Å². The molecule has 9 aromatic rings. The van der Waals surface area contributed by atoms with Crippen LogP contribution in [0.3, 0.4) is 0 Å². The standard InChI is InChI=1S/C34H19N3S2/c1-2-8-20(9-3-1)21-14-16-22(17-15-21)37-25-12-6-4-10-23(25)28-32(37)30-31-27(18-35-19-36-31)39-34(30)29-24-11-5-7-13-26(24)38-33(28)29/h1-19H. The fourth-order valence-electron chi connectivity index (χ4n) is 6.10. The van der Waals surface area contributed by atoms with Crippen LogP contribution in [0.2, 0.25) is 0 Å². The molecule has 0 unspecified atom stereocenters. The van der Waals surface area contributed by atoms with Crippen molar-refractivity contribution in [2.24, 2.45) is 0 Å². The van der Waals surface area contributed by atoms with Gasteiger partial charge < -0.3 is 4.57 Å². The summed E-state index contributed by atoms with van der Waals surface area (Å²) in [6.07, 6.45) is 3.64. The molecule has 0 fully saturated rings. The maximum atomic E-state index is 4.84. The lowest BCUT2D eigenvalue weighted by Crippen LogP contribution is -1.94. The molecule has 182 valence electrons. The predicted octanol–water partition coefficient (Wildman–Crippen LogP) is 9.98. The molecule has 0 bridgehead atoms. The number of rotatable bonds is 2. The van der Waals surface area contributed by atoms with Gasteiger partial charge in [-0.15, -0.1) is 22.7 Å². The summed E-state index contributed by atoms with van der Waals surface area (Å²) in [7, 11) is 0. The molecule has 0 aliphatic heterocycles. The Balaban J connectivity index is 1.50. The Morgan fingerprint density at radius 1 is 0.564 bits per heavy atom. The van der Waals surface area contributed by atoms with Crippen molar-refractivity contribution in [1.82, 2.24) is 14.5 Å². The van der Waals surface area contributed by atoms with Crippen LogP contribution in [0.15, 0.2) is 116 Å². The molecule has 0 N–H and O–H groups in total. The molecular formula is C34H19N3S2. The minimum absolute atomic E-state index is 1.03. The minimum atomic E-state index is 1.03. The third-order valence-corrected chi connectivity index (χ3v) is 10.1. The number of hydrogen-bond acceptors (Lipinski definition) is 4. The van der Waals surface area contributed by atoms with E-state index in [4.69, 9.17) is 4.98 Å². The fraction of sp³-hybridized carbons (Fsp3) is 0. The molecule has 0 radical (unpaired) electrons. The van der Waals surface area contributed by atoms with Crippen LogP contribution in [0, 0.1) is 0 Å². The Hall–Kier alpha value is -4.58. The lowest BCUT2D eigenvalue weighted by Gasteiger charge is -2.11. The molecule has 39 heavy (non-hydrogen) atoms. The molecule has 9 rings (SSSR count). The molecule has 0 aliphatic rings. The van der Waals surface area contributed by atoms with Crippen LogP contribution in [-0.2, 0) is 0 Å². The molecule has 5 aromatic carbocycles. The number of benzene rings is 5. The number of nitrogens with zero attached hydrogens (tertiary/aromatic N) is 3. The molecule has 5 heteroatoms. The first-order valence-electron chi connectivity index (χ1n) is 12.9. The molecule has 0 aliphatic carbocycles. The second-order valence-corrected chi connectivity index (χ2v) is 11.9. The Morgan fingerprint density at radius 2 is 1.26 bits per heavy atom. The van der Waals surface area contributed by atoms with Gasteiger partial charge in [-0.3, -0.25) is 0 Å². The van der Waals surface area contributed by atoms with Crippen LogP contribution < -0.4 is 0 Å². The highest BCUT2D eigenvalue weighted by molar-refractivity contribution is 7.30.